The molecule has 2 amide bonds. The average Bonchev–Trinajstić information content (AvgIpc) is 2.62. The van der Waals surface area contributed by atoms with Crippen LogP contribution in [0.15, 0.2) is 48.5 Å². The molecule has 0 aliphatic rings. The minimum Gasteiger partial charge on any atom is -0.357 e. The third-order valence-electron chi connectivity index (χ3n) is 4.00. The van der Waals surface area contributed by atoms with Gasteiger partial charge in [-0.3, -0.25) is 9.59 Å². The molecule has 6 heteroatoms. The number of likely N-dealkylation sites (N-methyl/N-ethyl adjacent to an activating group) is 1. The van der Waals surface area contributed by atoms with Crippen LogP contribution in [-0.4, -0.2) is 29.8 Å². The SMILES string of the molecule is CNC(=O)C(C)N(Cc1ccccc1)C(=O)Cc1c(F)cccc1Cl. The highest BCUT2D eigenvalue weighted by Gasteiger charge is 2.26. The summed E-state index contributed by atoms with van der Waals surface area (Å²) in [6, 6.07) is 12.9. The second kappa shape index (κ2) is 8.62. The lowest BCUT2D eigenvalue weighted by Crippen LogP contribution is -2.47. The summed E-state index contributed by atoms with van der Waals surface area (Å²) in [6.07, 6.45) is -0.209. The number of carbonyl (C=O) groups is 2. The molecule has 2 rings (SSSR count). The second-order valence-electron chi connectivity index (χ2n) is 5.67. The highest BCUT2D eigenvalue weighted by atomic mass is 35.5. The zero-order chi connectivity index (χ0) is 18.4. The van der Waals surface area contributed by atoms with E-state index in [0.29, 0.717) is 0 Å². The number of nitrogens with zero attached hydrogens (tertiary/aromatic N) is 1. The number of benzene rings is 2. The maximum Gasteiger partial charge on any atom is 0.242 e. The van der Waals surface area contributed by atoms with Gasteiger partial charge in [-0.05, 0) is 24.6 Å². The number of carbonyl (C=O) groups excluding carboxylic acids is 2. The molecule has 1 N–H and O–H groups in total. The van der Waals surface area contributed by atoms with Crippen LogP contribution in [0.1, 0.15) is 18.1 Å². The van der Waals surface area contributed by atoms with E-state index in [1.54, 1.807) is 6.92 Å². The predicted octanol–water partition coefficient (Wildman–Crippen LogP) is 3.18. The van der Waals surface area contributed by atoms with Gasteiger partial charge < -0.3 is 10.2 Å². The van der Waals surface area contributed by atoms with Crippen LogP contribution in [0.5, 0.6) is 0 Å². The average molecular weight is 363 g/mol. The quantitative estimate of drug-likeness (QED) is 0.858. The Bertz CT molecular complexity index is 732. The van der Waals surface area contributed by atoms with Crippen molar-refractivity contribution < 1.29 is 14.0 Å². The van der Waals surface area contributed by atoms with Crippen molar-refractivity contribution in [3.8, 4) is 0 Å². The molecule has 4 nitrogen and oxygen atoms in total. The Labute approximate surface area is 151 Å². The summed E-state index contributed by atoms with van der Waals surface area (Å²) in [7, 11) is 1.51. The summed E-state index contributed by atoms with van der Waals surface area (Å²) in [5, 5.41) is 2.73. The predicted molar refractivity (Wildman–Crippen MR) is 95.6 cm³/mol. The lowest BCUT2D eigenvalue weighted by Gasteiger charge is -2.28. The van der Waals surface area contributed by atoms with Crippen molar-refractivity contribution in [2.24, 2.45) is 0 Å². The van der Waals surface area contributed by atoms with Crippen molar-refractivity contribution >= 4 is 23.4 Å². The Balaban J connectivity index is 2.27. The topological polar surface area (TPSA) is 49.4 Å². The Kier molecular flexibility index (Phi) is 6.53. The number of halogens is 2. The molecular formula is C19H20ClFN2O2. The van der Waals surface area contributed by atoms with Crippen LogP contribution in [-0.2, 0) is 22.6 Å². The number of amides is 2. The molecule has 2 aromatic rings. The van der Waals surface area contributed by atoms with Gasteiger partial charge in [0.1, 0.15) is 11.9 Å². The van der Waals surface area contributed by atoms with E-state index >= 15 is 0 Å². The smallest absolute Gasteiger partial charge is 0.242 e. The third-order valence-corrected chi connectivity index (χ3v) is 4.35. The van der Waals surface area contributed by atoms with E-state index in [2.05, 4.69) is 5.32 Å². The normalized spacial score (nSPS) is 11.7. The van der Waals surface area contributed by atoms with Crippen LogP contribution in [0.25, 0.3) is 0 Å². The molecule has 0 fully saturated rings. The van der Waals surface area contributed by atoms with Crippen LogP contribution in [0.2, 0.25) is 5.02 Å². The maximum atomic E-state index is 14.0. The first kappa shape index (κ1) is 18.9. The molecule has 1 unspecified atom stereocenters. The van der Waals surface area contributed by atoms with Crippen LogP contribution in [0.3, 0.4) is 0 Å². The van der Waals surface area contributed by atoms with Crippen molar-refractivity contribution in [1.29, 1.82) is 0 Å². The third kappa shape index (κ3) is 4.79. The zero-order valence-corrected chi connectivity index (χ0v) is 14.9. The van der Waals surface area contributed by atoms with Crippen LogP contribution < -0.4 is 5.32 Å². The van der Waals surface area contributed by atoms with Gasteiger partial charge in [-0.15, -0.1) is 0 Å². The zero-order valence-electron chi connectivity index (χ0n) is 14.1. The molecule has 1 atom stereocenters. The molecule has 0 heterocycles. The van der Waals surface area contributed by atoms with Crippen LogP contribution >= 0.6 is 11.6 Å². The van der Waals surface area contributed by atoms with Gasteiger partial charge >= 0.3 is 0 Å². The first-order valence-electron chi connectivity index (χ1n) is 7.92. The molecule has 132 valence electrons. The lowest BCUT2D eigenvalue weighted by molar-refractivity contribution is -0.139. The number of nitrogens with one attached hydrogen (secondary N) is 1. The molecule has 0 saturated heterocycles. The van der Waals surface area contributed by atoms with Crippen molar-refractivity contribution in [1.82, 2.24) is 10.2 Å². The maximum absolute atomic E-state index is 14.0. The fourth-order valence-electron chi connectivity index (χ4n) is 2.53. The van der Waals surface area contributed by atoms with Crippen molar-refractivity contribution in [3.05, 3.63) is 70.5 Å². The molecule has 25 heavy (non-hydrogen) atoms. The standard InChI is InChI=1S/C19H20ClFN2O2/c1-13(19(25)22-2)23(12-14-7-4-3-5-8-14)18(24)11-15-16(20)9-6-10-17(15)21/h3-10,13H,11-12H2,1-2H3,(H,22,25). The van der Waals surface area contributed by atoms with E-state index in [1.807, 2.05) is 30.3 Å². The molecule has 0 aliphatic carbocycles. The monoisotopic (exact) mass is 362 g/mol. The van der Waals surface area contributed by atoms with Crippen LogP contribution in [0.4, 0.5) is 4.39 Å². The van der Waals surface area contributed by atoms with Gasteiger partial charge in [-0.1, -0.05) is 48.0 Å². The summed E-state index contributed by atoms with van der Waals surface area (Å²) < 4.78 is 14.0. The lowest BCUT2D eigenvalue weighted by atomic mass is 10.1. The molecule has 0 aliphatic heterocycles. The Morgan fingerprint density at radius 3 is 2.44 bits per heavy atom. The van der Waals surface area contributed by atoms with E-state index < -0.39 is 11.9 Å². The molecule has 0 aromatic heterocycles. The minimum atomic E-state index is -0.691. The Hall–Kier alpha value is -2.40. The van der Waals surface area contributed by atoms with Gasteiger partial charge in [0.05, 0.1) is 6.42 Å². The van der Waals surface area contributed by atoms with Gasteiger partial charge in [0.15, 0.2) is 0 Å². The minimum absolute atomic E-state index is 0.135. The molecule has 0 bridgehead atoms. The van der Waals surface area contributed by atoms with Gasteiger partial charge in [-0.25, -0.2) is 4.39 Å². The van der Waals surface area contributed by atoms with E-state index in [4.69, 9.17) is 11.6 Å². The number of hydrogen-bond acceptors (Lipinski definition) is 2. The highest BCUT2D eigenvalue weighted by molar-refractivity contribution is 6.31. The fourth-order valence-corrected chi connectivity index (χ4v) is 2.76. The number of hydrogen-bond donors (Lipinski definition) is 1. The van der Waals surface area contributed by atoms with E-state index in [-0.39, 0.29) is 35.4 Å². The van der Waals surface area contributed by atoms with Crippen molar-refractivity contribution in [3.63, 3.8) is 0 Å². The van der Waals surface area contributed by atoms with E-state index in [1.165, 1.54) is 30.1 Å². The first-order chi connectivity index (χ1) is 11.9. The van der Waals surface area contributed by atoms with Gasteiger partial charge in [-0.2, -0.15) is 0 Å². The summed E-state index contributed by atoms with van der Waals surface area (Å²) >= 11 is 6.02. The van der Waals surface area contributed by atoms with Crippen molar-refractivity contribution in [2.45, 2.75) is 25.9 Å². The first-order valence-corrected chi connectivity index (χ1v) is 8.29. The Morgan fingerprint density at radius 1 is 1.16 bits per heavy atom. The van der Waals surface area contributed by atoms with E-state index in [0.717, 1.165) is 5.56 Å². The molecule has 0 spiro atoms. The summed E-state index contributed by atoms with van der Waals surface area (Å²) in [6.45, 7) is 1.89. The summed E-state index contributed by atoms with van der Waals surface area (Å²) in [4.78, 5) is 26.3. The molecular weight excluding hydrogens is 343 g/mol. The highest BCUT2D eigenvalue weighted by Crippen LogP contribution is 2.21. The number of rotatable bonds is 6. The molecule has 2 aromatic carbocycles. The second-order valence-corrected chi connectivity index (χ2v) is 6.08. The fraction of sp³-hybridized carbons (Fsp3) is 0.263. The van der Waals surface area contributed by atoms with Gasteiger partial charge in [0.25, 0.3) is 0 Å². The summed E-state index contributed by atoms with van der Waals surface area (Å²) in [5.41, 5.74) is 1.02. The van der Waals surface area contributed by atoms with Gasteiger partial charge in [0.2, 0.25) is 11.8 Å². The molecule has 0 saturated carbocycles. The van der Waals surface area contributed by atoms with E-state index in [9.17, 15) is 14.0 Å². The van der Waals surface area contributed by atoms with Crippen LogP contribution in [0, 0.1) is 5.82 Å². The van der Waals surface area contributed by atoms with Crippen molar-refractivity contribution in [2.75, 3.05) is 7.05 Å². The van der Waals surface area contributed by atoms with Gasteiger partial charge in [0, 0.05) is 24.2 Å². The summed E-state index contributed by atoms with van der Waals surface area (Å²) in [5.74, 6) is -1.19. The Morgan fingerprint density at radius 2 is 1.84 bits per heavy atom. The molecule has 0 radical (unpaired) electrons. The largest absolute Gasteiger partial charge is 0.357 e.